The van der Waals surface area contributed by atoms with Crippen molar-refractivity contribution in [3.63, 3.8) is 0 Å². The Morgan fingerprint density at radius 1 is 1.24 bits per heavy atom. The van der Waals surface area contributed by atoms with Crippen molar-refractivity contribution in [3.8, 4) is 6.07 Å². The first kappa shape index (κ1) is 22.6. The highest BCUT2D eigenvalue weighted by Crippen LogP contribution is 2.38. The highest BCUT2D eigenvalue weighted by atomic mass is 32.2. The van der Waals surface area contributed by atoms with E-state index < -0.39 is 0 Å². The van der Waals surface area contributed by atoms with E-state index in [0.717, 1.165) is 67.3 Å². The van der Waals surface area contributed by atoms with Crippen LogP contribution < -0.4 is 10.9 Å². The predicted octanol–water partition coefficient (Wildman–Crippen LogP) is 4.13. The zero-order valence-corrected chi connectivity index (χ0v) is 20.8. The molecule has 0 aromatic carbocycles. The van der Waals surface area contributed by atoms with Crippen LogP contribution >= 0.6 is 35.3 Å². The standard InChI is InChI=1S/C24H26N4O2S3/c25-10-18-17-5-2-1-3-7-20(17)33-23(18)26-21(29)14-32-24(31)27-11-15-9-16(13-27)19-6-4-8-22(30)28(19)12-15/h4,6,8,15-16H,1-3,5,7,9,11-14H2,(H,26,29). The molecule has 2 atom stereocenters. The van der Waals surface area contributed by atoms with Gasteiger partial charge in [-0.25, -0.2) is 0 Å². The van der Waals surface area contributed by atoms with E-state index >= 15 is 0 Å². The van der Waals surface area contributed by atoms with E-state index in [1.165, 1.54) is 23.1 Å². The van der Waals surface area contributed by atoms with Crippen LogP contribution in [0.2, 0.25) is 0 Å². The fraction of sp³-hybridized carbons (Fsp3) is 0.500. The molecule has 2 aromatic heterocycles. The van der Waals surface area contributed by atoms with E-state index in [-0.39, 0.29) is 17.2 Å². The molecular formula is C24H26N4O2S3. The van der Waals surface area contributed by atoms with Crippen molar-refractivity contribution in [1.29, 1.82) is 5.26 Å². The number of fused-ring (bicyclic) bond motifs is 5. The van der Waals surface area contributed by atoms with Crippen LogP contribution in [-0.2, 0) is 24.2 Å². The van der Waals surface area contributed by atoms with Gasteiger partial charge in [-0.15, -0.1) is 11.3 Å². The molecule has 1 fully saturated rings. The Kier molecular flexibility index (Phi) is 6.59. The van der Waals surface area contributed by atoms with Crippen molar-refractivity contribution < 1.29 is 4.79 Å². The molecule has 5 rings (SSSR count). The molecule has 0 radical (unpaired) electrons. The third kappa shape index (κ3) is 4.61. The van der Waals surface area contributed by atoms with Crippen LogP contribution in [0.25, 0.3) is 0 Å². The maximum absolute atomic E-state index is 12.7. The Bertz CT molecular complexity index is 1200. The number of piperidine rings is 1. The zero-order valence-electron chi connectivity index (χ0n) is 18.3. The summed E-state index contributed by atoms with van der Waals surface area (Å²) in [7, 11) is 0. The number of nitrogens with one attached hydrogen (secondary N) is 1. The fourth-order valence-corrected chi connectivity index (χ4v) is 7.62. The molecule has 2 aromatic rings. The van der Waals surface area contributed by atoms with Crippen LogP contribution in [0.3, 0.4) is 0 Å². The monoisotopic (exact) mass is 498 g/mol. The molecule has 33 heavy (non-hydrogen) atoms. The molecule has 4 heterocycles. The van der Waals surface area contributed by atoms with Crippen molar-refractivity contribution in [2.75, 3.05) is 24.2 Å². The van der Waals surface area contributed by atoms with Crippen LogP contribution in [0.1, 0.15) is 53.3 Å². The van der Waals surface area contributed by atoms with Gasteiger partial charge in [-0.2, -0.15) is 5.26 Å². The van der Waals surface area contributed by atoms with Gasteiger partial charge in [0.1, 0.15) is 15.4 Å². The highest BCUT2D eigenvalue weighted by Gasteiger charge is 2.35. The number of pyridine rings is 1. The number of thiophene rings is 1. The first-order valence-electron chi connectivity index (χ1n) is 11.5. The topological polar surface area (TPSA) is 78.1 Å². The van der Waals surface area contributed by atoms with E-state index in [1.54, 1.807) is 17.4 Å². The molecule has 1 saturated heterocycles. The third-order valence-corrected chi connectivity index (χ3v) is 9.58. The fourth-order valence-electron chi connectivity index (χ4n) is 5.38. The summed E-state index contributed by atoms with van der Waals surface area (Å²) in [5, 5.41) is 13.3. The maximum atomic E-state index is 12.7. The number of nitriles is 1. The van der Waals surface area contributed by atoms with Gasteiger partial charge in [0.05, 0.1) is 11.3 Å². The summed E-state index contributed by atoms with van der Waals surface area (Å²) in [4.78, 5) is 28.4. The summed E-state index contributed by atoms with van der Waals surface area (Å²) in [6.07, 6.45) is 6.45. The van der Waals surface area contributed by atoms with Gasteiger partial charge < -0.3 is 14.8 Å². The minimum Gasteiger partial charge on any atom is -0.356 e. The number of hydrogen-bond donors (Lipinski definition) is 1. The molecule has 1 aliphatic carbocycles. The lowest BCUT2D eigenvalue weighted by Gasteiger charge is -2.43. The first-order chi connectivity index (χ1) is 16.0. The highest BCUT2D eigenvalue weighted by molar-refractivity contribution is 8.23. The van der Waals surface area contributed by atoms with Gasteiger partial charge in [-0.3, -0.25) is 9.59 Å². The predicted molar refractivity (Wildman–Crippen MR) is 137 cm³/mol. The van der Waals surface area contributed by atoms with Crippen molar-refractivity contribution in [2.24, 2.45) is 5.92 Å². The normalized spacial score (nSPS) is 21.4. The average molecular weight is 499 g/mol. The van der Waals surface area contributed by atoms with Crippen molar-refractivity contribution >= 4 is 50.5 Å². The van der Waals surface area contributed by atoms with Crippen molar-refractivity contribution in [1.82, 2.24) is 9.47 Å². The smallest absolute Gasteiger partial charge is 0.250 e. The maximum Gasteiger partial charge on any atom is 0.250 e. The number of aromatic nitrogens is 1. The summed E-state index contributed by atoms with van der Waals surface area (Å²) < 4.78 is 2.64. The summed E-state index contributed by atoms with van der Waals surface area (Å²) in [6.45, 7) is 2.33. The molecule has 1 amide bonds. The van der Waals surface area contributed by atoms with Crippen LogP contribution in [0.5, 0.6) is 0 Å². The van der Waals surface area contributed by atoms with Gasteiger partial charge in [-0.1, -0.05) is 36.5 Å². The Labute approximate surface area is 207 Å². The van der Waals surface area contributed by atoms with Crippen molar-refractivity contribution in [3.05, 3.63) is 50.3 Å². The molecule has 6 nitrogen and oxygen atoms in total. The minimum atomic E-state index is -0.121. The quantitative estimate of drug-likeness (QED) is 0.507. The Morgan fingerprint density at radius 2 is 2.09 bits per heavy atom. The number of amides is 1. The number of carbonyl (C=O) groups excluding carboxylic acids is 1. The number of likely N-dealkylation sites (tertiary alicyclic amines) is 1. The summed E-state index contributed by atoms with van der Waals surface area (Å²) in [5.74, 6) is 0.792. The van der Waals surface area contributed by atoms with Gasteiger partial charge >= 0.3 is 0 Å². The minimum absolute atomic E-state index is 0.0758. The van der Waals surface area contributed by atoms with Crippen LogP contribution in [0, 0.1) is 17.2 Å². The second kappa shape index (κ2) is 9.61. The third-order valence-electron chi connectivity index (χ3n) is 6.85. The molecule has 172 valence electrons. The summed E-state index contributed by atoms with van der Waals surface area (Å²) >= 11 is 8.63. The number of nitrogens with zero attached hydrogens (tertiary/aromatic N) is 3. The largest absolute Gasteiger partial charge is 0.356 e. The molecule has 1 N–H and O–H groups in total. The number of thiocarbonyl (C=S) groups is 1. The molecule has 2 aliphatic heterocycles. The number of carbonyl (C=O) groups is 1. The number of hydrogen-bond acceptors (Lipinski definition) is 6. The van der Waals surface area contributed by atoms with Gasteiger partial charge in [0, 0.05) is 42.2 Å². The summed E-state index contributed by atoms with van der Waals surface area (Å²) in [5.41, 5.74) is 2.95. The lowest BCUT2D eigenvalue weighted by molar-refractivity contribution is -0.113. The molecule has 0 saturated carbocycles. The Morgan fingerprint density at radius 3 is 2.94 bits per heavy atom. The lowest BCUT2D eigenvalue weighted by atomic mass is 9.83. The summed E-state index contributed by atoms with van der Waals surface area (Å²) in [6, 6.07) is 7.83. The molecule has 0 spiro atoms. The number of anilines is 1. The number of thioether (sulfide) groups is 1. The van der Waals surface area contributed by atoms with Gasteiger partial charge in [0.2, 0.25) is 5.91 Å². The van der Waals surface area contributed by atoms with E-state index in [0.29, 0.717) is 22.4 Å². The molecule has 2 bridgehead atoms. The van der Waals surface area contributed by atoms with E-state index in [9.17, 15) is 14.9 Å². The molecule has 3 aliphatic rings. The average Bonchev–Trinajstić information content (AvgIpc) is 2.96. The van der Waals surface area contributed by atoms with E-state index in [1.807, 2.05) is 16.7 Å². The first-order valence-corrected chi connectivity index (χ1v) is 13.7. The Balaban J connectivity index is 1.20. The van der Waals surface area contributed by atoms with Gasteiger partial charge in [0.25, 0.3) is 5.56 Å². The van der Waals surface area contributed by atoms with Crippen molar-refractivity contribution in [2.45, 2.75) is 51.0 Å². The van der Waals surface area contributed by atoms with Crippen LogP contribution in [0.15, 0.2) is 23.0 Å². The van der Waals surface area contributed by atoms with Crippen LogP contribution in [0.4, 0.5) is 5.00 Å². The van der Waals surface area contributed by atoms with Crippen LogP contribution in [-0.4, -0.2) is 38.5 Å². The van der Waals surface area contributed by atoms with E-state index in [2.05, 4.69) is 16.3 Å². The molecular weight excluding hydrogens is 472 g/mol. The number of aryl methyl sites for hydroxylation is 1. The van der Waals surface area contributed by atoms with E-state index in [4.69, 9.17) is 12.2 Å². The SMILES string of the molecule is N#Cc1c(NC(=O)CSC(=S)N2CC3CC(C2)c2cccc(=O)n2C3)sc2c1CCCCC2. The zero-order chi connectivity index (χ0) is 22.9. The van der Waals surface area contributed by atoms with Gasteiger partial charge in [0.15, 0.2) is 0 Å². The molecule has 9 heteroatoms. The van der Waals surface area contributed by atoms with Gasteiger partial charge in [-0.05, 0) is 49.7 Å². The second-order valence-electron chi connectivity index (χ2n) is 9.09. The molecule has 2 unspecified atom stereocenters. The number of rotatable bonds is 3. The Hall–Kier alpha value is -2.15. The second-order valence-corrected chi connectivity index (χ2v) is 11.8. The lowest BCUT2D eigenvalue weighted by Crippen LogP contribution is -2.48.